The predicted octanol–water partition coefficient (Wildman–Crippen LogP) is 1.67. The molecule has 1 aromatic heterocycles. The van der Waals surface area contributed by atoms with E-state index in [4.69, 9.17) is 0 Å². The molecule has 1 N–H and O–H groups in total. The molecule has 0 radical (unpaired) electrons. The van der Waals surface area contributed by atoms with Gasteiger partial charge in [-0.3, -0.25) is 9.78 Å². The first-order valence-corrected chi connectivity index (χ1v) is 4.99. The van der Waals surface area contributed by atoms with E-state index in [0.717, 1.165) is 18.4 Å². The van der Waals surface area contributed by atoms with Crippen LogP contribution in [0.3, 0.4) is 0 Å². The molecule has 74 valence electrons. The summed E-state index contributed by atoms with van der Waals surface area (Å²) in [5, 5.41) is 2.95. The Labute approximate surface area is 83.5 Å². The largest absolute Gasteiger partial charge is 0.348 e. The number of nitrogens with one attached hydrogen (secondary N) is 1. The van der Waals surface area contributed by atoms with E-state index in [1.807, 2.05) is 13.0 Å². The number of hydrogen-bond donors (Lipinski definition) is 1. The van der Waals surface area contributed by atoms with Gasteiger partial charge in [0.25, 0.3) is 5.91 Å². The van der Waals surface area contributed by atoms with Crippen molar-refractivity contribution in [2.45, 2.75) is 32.2 Å². The molecule has 1 aliphatic carbocycles. The minimum atomic E-state index is -0.0466. The molecule has 0 aliphatic heterocycles. The first-order valence-electron chi connectivity index (χ1n) is 4.99. The predicted molar refractivity (Wildman–Crippen MR) is 54.1 cm³/mol. The minimum Gasteiger partial charge on any atom is -0.348 e. The van der Waals surface area contributed by atoms with E-state index in [-0.39, 0.29) is 5.91 Å². The molecule has 0 bridgehead atoms. The summed E-state index contributed by atoms with van der Waals surface area (Å²) in [5.41, 5.74) is 1.59. The molecule has 3 nitrogen and oxygen atoms in total. The van der Waals surface area contributed by atoms with Crippen LogP contribution in [0.4, 0.5) is 0 Å². The van der Waals surface area contributed by atoms with Gasteiger partial charge in [-0.2, -0.15) is 0 Å². The number of pyridine rings is 1. The van der Waals surface area contributed by atoms with Gasteiger partial charge >= 0.3 is 0 Å². The number of rotatable bonds is 2. The molecule has 0 spiro atoms. The fourth-order valence-corrected chi connectivity index (χ4v) is 1.41. The Bertz CT molecular complexity index is 328. The van der Waals surface area contributed by atoms with E-state index in [0.29, 0.717) is 11.7 Å². The number of hydrogen-bond acceptors (Lipinski definition) is 2. The summed E-state index contributed by atoms with van der Waals surface area (Å²) >= 11 is 0. The maximum atomic E-state index is 11.6. The van der Waals surface area contributed by atoms with Gasteiger partial charge in [-0.1, -0.05) is 6.07 Å². The molecule has 0 unspecified atom stereocenters. The highest BCUT2D eigenvalue weighted by Gasteiger charge is 2.20. The summed E-state index contributed by atoms with van der Waals surface area (Å²) in [6.45, 7) is 1.96. The van der Waals surface area contributed by atoms with Crippen molar-refractivity contribution < 1.29 is 4.79 Å². The van der Waals surface area contributed by atoms with Crippen molar-refractivity contribution >= 4 is 5.91 Å². The average molecular weight is 190 g/mol. The van der Waals surface area contributed by atoms with E-state index >= 15 is 0 Å². The second-order valence-electron chi connectivity index (χ2n) is 3.82. The fourth-order valence-electron chi connectivity index (χ4n) is 1.41. The van der Waals surface area contributed by atoms with E-state index in [2.05, 4.69) is 10.3 Å². The standard InChI is InChI=1S/C11H14N2O/c1-8-5-6-10(12-7-8)11(14)13-9-3-2-4-9/h5-7,9H,2-4H2,1H3,(H,13,14). The lowest BCUT2D eigenvalue weighted by Gasteiger charge is -2.26. The molecular weight excluding hydrogens is 176 g/mol. The number of amides is 1. The Morgan fingerprint density at radius 1 is 1.50 bits per heavy atom. The second-order valence-corrected chi connectivity index (χ2v) is 3.82. The molecule has 3 heteroatoms. The van der Waals surface area contributed by atoms with Crippen LogP contribution in [0.2, 0.25) is 0 Å². The maximum Gasteiger partial charge on any atom is 0.270 e. The summed E-state index contributed by atoms with van der Waals surface area (Å²) in [5.74, 6) is -0.0466. The van der Waals surface area contributed by atoms with Gasteiger partial charge in [-0.15, -0.1) is 0 Å². The van der Waals surface area contributed by atoms with Gasteiger partial charge < -0.3 is 5.32 Å². The van der Waals surface area contributed by atoms with Crippen LogP contribution in [-0.4, -0.2) is 16.9 Å². The topological polar surface area (TPSA) is 42.0 Å². The lowest BCUT2D eigenvalue weighted by Crippen LogP contribution is -2.39. The van der Waals surface area contributed by atoms with Crippen molar-refractivity contribution in [1.82, 2.24) is 10.3 Å². The molecule has 2 rings (SSSR count). The number of aryl methyl sites for hydroxylation is 1. The smallest absolute Gasteiger partial charge is 0.270 e. The van der Waals surface area contributed by atoms with E-state index in [1.54, 1.807) is 12.3 Å². The maximum absolute atomic E-state index is 11.6. The third-order valence-electron chi connectivity index (χ3n) is 2.58. The Hall–Kier alpha value is -1.38. The Kier molecular flexibility index (Phi) is 2.48. The van der Waals surface area contributed by atoms with E-state index in [1.165, 1.54) is 6.42 Å². The lowest BCUT2D eigenvalue weighted by atomic mass is 9.93. The zero-order chi connectivity index (χ0) is 9.97. The van der Waals surface area contributed by atoms with Gasteiger partial charge in [0, 0.05) is 12.2 Å². The van der Waals surface area contributed by atoms with Crippen molar-refractivity contribution in [3.05, 3.63) is 29.6 Å². The quantitative estimate of drug-likeness (QED) is 0.770. The lowest BCUT2D eigenvalue weighted by molar-refractivity contribution is 0.0912. The van der Waals surface area contributed by atoms with Gasteiger partial charge in [0.2, 0.25) is 0 Å². The number of nitrogens with zero attached hydrogens (tertiary/aromatic N) is 1. The molecular formula is C11H14N2O. The monoisotopic (exact) mass is 190 g/mol. The van der Waals surface area contributed by atoms with Crippen molar-refractivity contribution in [3.8, 4) is 0 Å². The highest BCUT2D eigenvalue weighted by atomic mass is 16.1. The number of carbonyl (C=O) groups is 1. The summed E-state index contributed by atoms with van der Waals surface area (Å²) in [6, 6.07) is 4.05. The van der Waals surface area contributed by atoms with Crippen LogP contribution < -0.4 is 5.32 Å². The first-order chi connectivity index (χ1) is 6.75. The average Bonchev–Trinajstić information content (AvgIpc) is 2.12. The normalized spacial score (nSPS) is 16.1. The number of carbonyl (C=O) groups excluding carboxylic acids is 1. The zero-order valence-electron chi connectivity index (χ0n) is 8.29. The molecule has 0 atom stereocenters. The third-order valence-corrected chi connectivity index (χ3v) is 2.58. The van der Waals surface area contributed by atoms with Crippen LogP contribution >= 0.6 is 0 Å². The van der Waals surface area contributed by atoms with Gasteiger partial charge in [0.15, 0.2) is 0 Å². The molecule has 14 heavy (non-hydrogen) atoms. The summed E-state index contributed by atoms with van der Waals surface area (Å²) in [7, 11) is 0. The molecule has 1 fully saturated rings. The third kappa shape index (κ3) is 1.92. The molecule has 1 saturated carbocycles. The van der Waals surface area contributed by atoms with Crippen LogP contribution in [0.1, 0.15) is 35.3 Å². The van der Waals surface area contributed by atoms with Crippen LogP contribution in [0.25, 0.3) is 0 Å². The molecule has 0 aromatic carbocycles. The van der Waals surface area contributed by atoms with Crippen molar-refractivity contribution in [2.24, 2.45) is 0 Å². The highest BCUT2D eigenvalue weighted by molar-refractivity contribution is 5.92. The zero-order valence-corrected chi connectivity index (χ0v) is 8.29. The van der Waals surface area contributed by atoms with Gasteiger partial charge in [-0.25, -0.2) is 0 Å². The Morgan fingerprint density at radius 3 is 2.79 bits per heavy atom. The molecule has 1 aliphatic rings. The second kappa shape index (κ2) is 3.78. The highest BCUT2D eigenvalue weighted by Crippen LogP contribution is 2.18. The first kappa shape index (κ1) is 9.19. The molecule has 0 saturated heterocycles. The SMILES string of the molecule is Cc1ccc(C(=O)NC2CCC2)nc1. The number of aromatic nitrogens is 1. The van der Waals surface area contributed by atoms with Crippen molar-refractivity contribution in [3.63, 3.8) is 0 Å². The molecule has 1 aromatic rings. The van der Waals surface area contributed by atoms with Gasteiger partial charge in [0.05, 0.1) is 0 Å². The van der Waals surface area contributed by atoms with Crippen LogP contribution in [0, 0.1) is 6.92 Å². The molecule has 1 amide bonds. The fraction of sp³-hybridized carbons (Fsp3) is 0.455. The van der Waals surface area contributed by atoms with Crippen molar-refractivity contribution in [2.75, 3.05) is 0 Å². The van der Waals surface area contributed by atoms with Gasteiger partial charge in [-0.05, 0) is 37.8 Å². The van der Waals surface area contributed by atoms with Crippen LogP contribution in [0.15, 0.2) is 18.3 Å². The van der Waals surface area contributed by atoms with Crippen LogP contribution in [0.5, 0.6) is 0 Å². The Morgan fingerprint density at radius 2 is 2.29 bits per heavy atom. The summed E-state index contributed by atoms with van der Waals surface area (Å²) < 4.78 is 0. The van der Waals surface area contributed by atoms with E-state index < -0.39 is 0 Å². The van der Waals surface area contributed by atoms with Crippen molar-refractivity contribution in [1.29, 1.82) is 0 Å². The summed E-state index contributed by atoms with van der Waals surface area (Å²) in [6.07, 6.45) is 5.16. The van der Waals surface area contributed by atoms with E-state index in [9.17, 15) is 4.79 Å². The Balaban J connectivity index is 1.99. The minimum absolute atomic E-state index is 0.0466. The molecule has 1 heterocycles. The van der Waals surface area contributed by atoms with Gasteiger partial charge in [0.1, 0.15) is 5.69 Å². The summed E-state index contributed by atoms with van der Waals surface area (Å²) in [4.78, 5) is 15.7. The van der Waals surface area contributed by atoms with Crippen LogP contribution in [-0.2, 0) is 0 Å².